The summed E-state index contributed by atoms with van der Waals surface area (Å²) in [6.07, 6.45) is -1.05. The summed E-state index contributed by atoms with van der Waals surface area (Å²) in [6, 6.07) is 20.6. The van der Waals surface area contributed by atoms with Gasteiger partial charge in [-0.15, -0.1) is 0 Å². The molecular weight excluding hydrogens is 464 g/mol. The number of hydrogen-bond acceptors (Lipinski definition) is 7. The van der Waals surface area contributed by atoms with Gasteiger partial charge in [0.2, 0.25) is 0 Å². The lowest BCUT2D eigenvalue weighted by atomic mass is 9.88. The third-order valence-electron chi connectivity index (χ3n) is 5.89. The van der Waals surface area contributed by atoms with E-state index in [0.29, 0.717) is 39.5 Å². The Hall–Kier alpha value is -4.79. The number of methoxy groups -OCH3 is 1. The van der Waals surface area contributed by atoms with Crippen LogP contribution in [0.25, 0.3) is 11.0 Å². The zero-order chi connectivity index (χ0) is 25.2. The Balaban J connectivity index is 1.54. The van der Waals surface area contributed by atoms with E-state index in [2.05, 4.69) is 5.32 Å². The predicted molar refractivity (Wildman–Crippen MR) is 131 cm³/mol. The van der Waals surface area contributed by atoms with E-state index in [4.69, 9.17) is 24.4 Å². The maximum absolute atomic E-state index is 13.4. The number of carbonyl (C=O) groups is 2. The number of benzene rings is 3. The molecular formula is C27H22N2O7. The second kappa shape index (κ2) is 9.46. The molecule has 0 spiro atoms. The van der Waals surface area contributed by atoms with E-state index in [0.717, 1.165) is 0 Å². The quantitative estimate of drug-likeness (QED) is 0.384. The van der Waals surface area contributed by atoms with E-state index >= 15 is 0 Å². The fourth-order valence-electron chi connectivity index (χ4n) is 4.24. The molecule has 9 nitrogen and oxygen atoms in total. The molecule has 1 aliphatic rings. The van der Waals surface area contributed by atoms with Crippen LogP contribution in [0.15, 0.2) is 82.0 Å². The number of carbonyl (C=O) groups excluding carboxylic acids is 2. The number of ether oxygens (including phenoxy) is 3. The maximum atomic E-state index is 13.4. The lowest BCUT2D eigenvalue weighted by molar-refractivity contribution is -0.122. The highest BCUT2D eigenvalue weighted by atomic mass is 16.5. The maximum Gasteiger partial charge on any atom is 0.344 e. The lowest BCUT2D eigenvalue weighted by Crippen LogP contribution is -2.35. The van der Waals surface area contributed by atoms with Crippen LogP contribution in [0.5, 0.6) is 17.2 Å². The number of anilines is 1. The first-order chi connectivity index (χ1) is 17.4. The number of nitrogens with one attached hydrogen (secondary N) is 1. The summed E-state index contributed by atoms with van der Waals surface area (Å²) in [6.45, 7) is -0.267. The number of primary amides is 1. The molecule has 0 aliphatic carbocycles. The molecule has 9 heteroatoms. The number of nitrogens with two attached hydrogens (primary N) is 1. The number of fused-ring (bicyclic) bond motifs is 3. The summed E-state index contributed by atoms with van der Waals surface area (Å²) < 4.78 is 22.2. The Morgan fingerprint density at radius 3 is 2.36 bits per heavy atom. The van der Waals surface area contributed by atoms with Crippen LogP contribution in [0.3, 0.4) is 0 Å². The Labute approximate surface area is 205 Å². The van der Waals surface area contributed by atoms with Crippen molar-refractivity contribution >= 4 is 28.5 Å². The monoisotopic (exact) mass is 486 g/mol. The molecule has 4 aromatic rings. The van der Waals surface area contributed by atoms with Gasteiger partial charge in [0.25, 0.3) is 11.8 Å². The van der Waals surface area contributed by atoms with E-state index in [1.165, 1.54) is 0 Å². The molecule has 0 bridgehead atoms. The van der Waals surface area contributed by atoms with E-state index < -0.39 is 29.5 Å². The highest BCUT2D eigenvalue weighted by Crippen LogP contribution is 2.44. The minimum atomic E-state index is -1.05. The Kier molecular flexibility index (Phi) is 6.03. The zero-order valence-corrected chi connectivity index (χ0v) is 19.2. The zero-order valence-electron chi connectivity index (χ0n) is 19.2. The van der Waals surface area contributed by atoms with Crippen molar-refractivity contribution in [1.82, 2.24) is 0 Å². The second-order valence-corrected chi connectivity index (χ2v) is 8.19. The van der Waals surface area contributed by atoms with Gasteiger partial charge >= 0.3 is 5.63 Å². The first-order valence-corrected chi connectivity index (χ1v) is 11.1. The van der Waals surface area contributed by atoms with Gasteiger partial charge in [-0.3, -0.25) is 9.59 Å². The highest BCUT2D eigenvalue weighted by Gasteiger charge is 2.44. The van der Waals surface area contributed by atoms with Crippen molar-refractivity contribution in [3.63, 3.8) is 0 Å². The van der Waals surface area contributed by atoms with E-state index in [9.17, 15) is 14.4 Å². The van der Waals surface area contributed by atoms with Gasteiger partial charge < -0.3 is 29.7 Å². The van der Waals surface area contributed by atoms with Gasteiger partial charge in [0, 0.05) is 5.69 Å². The third-order valence-corrected chi connectivity index (χ3v) is 5.89. The molecule has 1 aliphatic heterocycles. The molecule has 2 amide bonds. The van der Waals surface area contributed by atoms with E-state index in [-0.39, 0.29) is 12.2 Å². The van der Waals surface area contributed by atoms with Crippen molar-refractivity contribution in [2.75, 3.05) is 19.0 Å². The number of amides is 2. The molecule has 182 valence electrons. The van der Waals surface area contributed by atoms with Crippen LogP contribution in [0.4, 0.5) is 5.69 Å². The van der Waals surface area contributed by atoms with Crippen molar-refractivity contribution in [3.05, 3.63) is 94.3 Å². The fraction of sp³-hybridized carbons (Fsp3) is 0.148. The van der Waals surface area contributed by atoms with Gasteiger partial charge in [-0.2, -0.15) is 0 Å². The molecule has 36 heavy (non-hydrogen) atoms. The fourth-order valence-corrected chi connectivity index (χ4v) is 4.24. The van der Waals surface area contributed by atoms with Crippen molar-refractivity contribution in [2.45, 2.75) is 12.0 Å². The summed E-state index contributed by atoms with van der Waals surface area (Å²) in [5, 5.41) is 3.45. The van der Waals surface area contributed by atoms with Crippen LogP contribution < -0.4 is 30.9 Å². The topological polar surface area (TPSA) is 130 Å². The van der Waals surface area contributed by atoms with Crippen LogP contribution in [-0.2, 0) is 9.59 Å². The van der Waals surface area contributed by atoms with Crippen LogP contribution in [-0.4, -0.2) is 31.6 Å². The highest BCUT2D eigenvalue weighted by molar-refractivity contribution is 5.97. The summed E-state index contributed by atoms with van der Waals surface area (Å²) in [5.41, 5.74) is 6.37. The molecule has 3 aromatic carbocycles. The average Bonchev–Trinajstić information content (AvgIpc) is 3.30. The van der Waals surface area contributed by atoms with Crippen molar-refractivity contribution in [3.8, 4) is 17.2 Å². The number of hydrogen-bond donors (Lipinski definition) is 2. The largest absolute Gasteiger partial charge is 0.497 e. The van der Waals surface area contributed by atoms with Gasteiger partial charge in [-0.25, -0.2) is 4.79 Å². The SMILES string of the molecule is COc1ccc(NC(=O)[C@H]2Oc3c(c(=O)oc4ccccc34)[C@H]2c2ccc(OCC(N)=O)cc2)cc1. The van der Waals surface area contributed by atoms with Crippen LogP contribution in [0, 0.1) is 0 Å². The summed E-state index contributed by atoms with van der Waals surface area (Å²) in [5.74, 6) is -0.393. The minimum Gasteiger partial charge on any atom is -0.497 e. The first-order valence-electron chi connectivity index (χ1n) is 11.1. The molecule has 3 N–H and O–H groups in total. The van der Waals surface area contributed by atoms with Crippen molar-refractivity contribution in [1.29, 1.82) is 0 Å². The molecule has 0 radical (unpaired) electrons. The van der Waals surface area contributed by atoms with E-state index in [1.54, 1.807) is 79.9 Å². The van der Waals surface area contributed by atoms with Gasteiger partial charge in [0.1, 0.15) is 22.8 Å². The van der Waals surface area contributed by atoms with Crippen molar-refractivity contribution < 1.29 is 28.2 Å². The van der Waals surface area contributed by atoms with Gasteiger partial charge in [0.05, 0.1) is 24.0 Å². The molecule has 2 heterocycles. The van der Waals surface area contributed by atoms with Gasteiger partial charge in [-0.1, -0.05) is 24.3 Å². The smallest absolute Gasteiger partial charge is 0.344 e. The lowest BCUT2D eigenvalue weighted by Gasteiger charge is -2.19. The molecule has 2 atom stereocenters. The number of rotatable bonds is 7. The Morgan fingerprint density at radius 1 is 0.972 bits per heavy atom. The van der Waals surface area contributed by atoms with E-state index in [1.807, 2.05) is 0 Å². The molecule has 0 unspecified atom stereocenters. The minimum absolute atomic E-state index is 0.259. The molecule has 0 fully saturated rings. The predicted octanol–water partition coefficient (Wildman–Crippen LogP) is 3.20. The first kappa shape index (κ1) is 23.0. The molecule has 0 saturated carbocycles. The van der Waals surface area contributed by atoms with Crippen LogP contribution in [0.2, 0.25) is 0 Å². The van der Waals surface area contributed by atoms with Crippen molar-refractivity contribution in [2.24, 2.45) is 5.73 Å². The molecule has 0 saturated heterocycles. The average molecular weight is 486 g/mol. The third kappa shape index (κ3) is 4.34. The Bertz CT molecular complexity index is 1490. The number of para-hydroxylation sites is 1. The second-order valence-electron chi connectivity index (χ2n) is 8.19. The normalized spacial score (nSPS) is 16.1. The van der Waals surface area contributed by atoms with Crippen LogP contribution >= 0.6 is 0 Å². The standard InChI is InChI=1S/C27H22N2O7/c1-33-17-12-8-16(9-13-17)29-26(31)25-22(15-6-10-18(11-7-15)34-14-21(28)30)23-24(36-25)19-4-2-3-5-20(19)35-27(23)32/h2-13,22,25H,14H2,1H3,(H2,28,30)(H,29,31)/t22-,25+/m1/s1. The van der Waals surface area contributed by atoms with Crippen LogP contribution in [0.1, 0.15) is 17.0 Å². The summed E-state index contributed by atoms with van der Waals surface area (Å²) in [4.78, 5) is 37.5. The summed E-state index contributed by atoms with van der Waals surface area (Å²) >= 11 is 0. The van der Waals surface area contributed by atoms with Gasteiger partial charge in [0.15, 0.2) is 12.7 Å². The molecule has 5 rings (SSSR count). The Morgan fingerprint density at radius 2 is 1.67 bits per heavy atom. The van der Waals surface area contributed by atoms with Gasteiger partial charge in [-0.05, 0) is 54.1 Å². The molecule has 1 aromatic heterocycles. The summed E-state index contributed by atoms with van der Waals surface area (Å²) in [7, 11) is 1.56.